The SMILES string of the molecule is CO[C@@]1(c2c(NC=O)ccc(Cl)c2F)CCCN(C(=O)C2=[N+]=C(Cc3cccc(CO)c3)N2)C1. The Bertz CT molecular complexity index is 1200. The first-order chi connectivity index (χ1) is 16.4. The number of likely N-dealkylation sites (tertiary alicyclic amines) is 1. The number of hydrogen-bond acceptors (Lipinski definition) is 5. The Labute approximate surface area is 201 Å². The van der Waals surface area contributed by atoms with Crippen LogP contribution in [0.3, 0.4) is 0 Å². The van der Waals surface area contributed by atoms with Crippen LogP contribution in [0.5, 0.6) is 0 Å². The topological polar surface area (TPSA) is 105 Å². The van der Waals surface area contributed by atoms with Crippen molar-refractivity contribution in [2.45, 2.75) is 31.5 Å². The number of aliphatic hydroxyl groups is 1. The van der Waals surface area contributed by atoms with E-state index in [4.69, 9.17) is 16.3 Å². The fourth-order valence-electron chi connectivity index (χ4n) is 4.49. The number of carbonyl (C=O) groups is 2. The van der Waals surface area contributed by atoms with E-state index < -0.39 is 11.4 Å². The number of methoxy groups -OCH3 is 1. The van der Waals surface area contributed by atoms with Crippen LogP contribution in [0.4, 0.5) is 10.1 Å². The van der Waals surface area contributed by atoms with Crippen LogP contribution in [0, 0.1) is 5.82 Å². The van der Waals surface area contributed by atoms with E-state index >= 15 is 4.39 Å². The maximum absolute atomic E-state index is 15.2. The molecule has 2 aliphatic rings. The summed E-state index contributed by atoms with van der Waals surface area (Å²) in [6, 6.07) is 10.4. The monoisotopic (exact) mass is 487 g/mol. The molecule has 0 bridgehead atoms. The quantitative estimate of drug-likeness (QED) is 0.388. The van der Waals surface area contributed by atoms with E-state index in [1.165, 1.54) is 19.2 Å². The molecule has 2 amide bonds. The molecule has 2 heterocycles. The lowest BCUT2D eigenvalue weighted by atomic mass is 9.83. The number of halogens is 2. The van der Waals surface area contributed by atoms with E-state index in [0.29, 0.717) is 38.1 Å². The number of hydrogen-bond donors (Lipinski definition) is 3. The Morgan fingerprint density at radius 2 is 2.15 bits per heavy atom. The normalized spacial score (nSPS) is 19.5. The van der Waals surface area contributed by atoms with Crippen molar-refractivity contribution in [2.24, 2.45) is 0 Å². The lowest BCUT2D eigenvalue weighted by molar-refractivity contribution is -0.134. The van der Waals surface area contributed by atoms with Gasteiger partial charge in [-0.1, -0.05) is 35.9 Å². The first-order valence-corrected chi connectivity index (χ1v) is 11.2. The van der Waals surface area contributed by atoms with Crippen molar-refractivity contribution >= 4 is 41.3 Å². The summed E-state index contributed by atoms with van der Waals surface area (Å²) in [5.41, 5.74) is 0.945. The van der Waals surface area contributed by atoms with Crippen LogP contribution in [-0.2, 0) is 33.0 Å². The smallest absolute Gasteiger partial charge is 0.382 e. The van der Waals surface area contributed by atoms with Gasteiger partial charge in [0.2, 0.25) is 6.41 Å². The number of amides is 2. The summed E-state index contributed by atoms with van der Waals surface area (Å²) < 4.78 is 25.3. The van der Waals surface area contributed by atoms with E-state index in [1.807, 2.05) is 24.3 Å². The van der Waals surface area contributed by atoms with Crippen molar-refractivity contribution in [1.29, 1.82) is 0 Å². The number of amidine groups is 2. The van der Waals surface area contributed by atoms with Gasteiger partial charge in [-0.15, -0.1) is 0 Å². The molecule has 2 aromatic carbocycles. The van der Waals surface area contributed by atoms with Gasteiger partial charge in [0.25, 0.3) is 5.84 Å². The Kier molecular flexibility index (Phi) is 7.00. The maximum Gasteiger partial charge on any atom is 0.382 e. The second-order valence-electron chi connectivity index (χ2n) is 8.26. The Morgan fingerprint density at radius 1 is 1.38 bits per heavy atom. The second kappa shape index (κ2) is 9.95. The highest BCUT2D eigenvalue weighted by Crippen LogP contribution is 2.42. The Hall–Kier alpha value is -3.23. The summed E-state index contributed by atoms with van der Waals surface area (Å²) in [7, 11) is 1.45. The number of benzene rings is 2. The molecule has 0 saturated carbocycles. The molecule has 0 unspecified atom stereocenters. The Morgan fingerprint density at radius 3 is 2.85 bits per heavy atom. The number of aliphatic hydroxyl groups excluding tert-OH is 1. The van der Waals surface area contributed by atoms with Crippen LogP contribution < -0.4 is 15.3 Å². The van der Waals surface area contributed by atoms with Crippen LogP contribution in [0.2, 0.25) is 5.02 Å². The van der Waals surface area contributed by atoms with Gasteiger partial charge in [-0.2, -0.15) is 0 Å². The van der Waals surface area contributed by atoms with E-state index in [1.54, 1.807) is 4.90 Å². The Balaban J connectivity index is 1.57. The van der Waals surface area contributed by atoms with Crippen LogP contribution in [0.1, 0.15) is 29.5 Å². The van der Waals surface area contributed by atoms with E-state index in [0.717, 1.165) is 11.1 Å². The summed E-state index contributed by atoms with van der Waals surface area (Å²) in [5, 5.41) is 14.7. The zero-order chi connectivity index (χ0) is 24.3. The summed E-state index contributed by atoms with van der Waals surface area (Å²) in [4.78, 5) is 25.8. The number of piperidine rings is 1. The molecule has 34 heavy (non-hydrogen) atoms. The van der Waals surface area contributed by atoms with E-state index in [2.05, 4.69) is 15.3 Å². The molecule has 8 nitrogen and oxygen atoms in total. The van der Waals surface area contributed by atoms with Crippen molar-refractivity contribution in [3.8, 4) is 0 Å². The standard InChI is InChI=1S/C24H24ClFN4O4/c1-34-24(20-18(27-14-32)7-6-17(25)21(20)26)8-3-9-30(13-24)23(33)22-28-19(29-22)11-15-4-2-5-16(10-15)12-31/h2,4-7,10,14,31H,3,8-9,11-13H2,1H3,(H,27,32)/p+1/t24-/m0/s1. The number of carbonyl (C=O) groups excluding carboxylic acids is 2. The first-order valence-electron chi connectivity index (χ1n) is 10.8. The average Bonchev–Trinajstić information content (AvgIpc) is 2.83. The van der Waals surface area contributed by atoms with Crippen molar-refractivity contribution in [3.63, 3.8) is 0 Å². The lowest BCUT2D eigenvalue weighted by Gasteiger charge is -2.42. The van der Waals surface area contributed by atoms with Crippen molar-refractivity contribution < 1.29 is 23.8 Å². The van der Waals surface area contributed by atoms with Gasteiger partial charge in [-0.05, 0) is 36.1 Å². The molecular formula is C24H25ClFN4O4+. The van der Waals surface area contributed by atoms with Gasteiger partial charge in [-0.25, -0.2) is 14.4 Å². The van der Waals surface area contributed by atoms with Gasteiger partial charge in [-0.3, -0.25) is 9.59 Å². The molecule has 2 aromatic rings. The van der Waals surface area contributed by atoms with Gasteiger partial charge < -0.3 is 20.1 Å². The minimum atomic E-state index is -1.18. The highest BCUT2D eigenvalue weighted by atomic mass is 35.5. The zero-order valence-electron chi connectivity index (χ0n) is 18.6. The van der Waals surface area contributed by atoms with Gasteiger partial charge in [0, 0.05) is 24.9 Å². The number of nitrogens with one attached hydrogen (secondary N) is 2. The molecule has 3 N–H and O–H groups in total. The molecule has 4 rings (SSSR count). The molecule has 1 atom stereocenters. The summed E-state index contributed by atoms with van der Waals surface area (Å²) in [6.07, 6.45) is 1.96. The summed E-state index contributed by atoms with van der Waals surface area (Å²) in [5.74, 6) is -0.157. The largest absolute Gasteiger partial charge is 0.392 e. The van der Waals surface area contributed by atoms with Crippen molar-refractivity contribution in [1.82, 2.24) is 14.9 Å². The van der Waals surface area contributed by atoms with Crippen molar-refractivity contribution in [2.75, 3.05) is 25.5 Å². The molecular weight excluding hydrogens is 463 g/mol. The highest BCUT2D eigenvalue weighted by molar-refractivity contribution is 6.43. The fraction of sp³-hybridized carbons (Fsp3) is 0.333. The average molecular weight is 488 g/mol. The number of rotatable bonds is 8. The van der Waals surface area contributed by atoms with E-state index in [-0.39, 0.29) is 41.2 Å². The number of ether oxygens (including phenoxy) is 1. The first kappa shape index (κ1) is 23.9. The van der Waals surface area contributed by atoms with Crippen LogP contribution in [0.15, 0.2) is 36.4 Å². The van der Waals surface area contributed by atoms with Crippen LogP contribution >= 0.6 is 11.6 Å². The van der Waals surface area contributed by atoms with Crippen LogP contribution in [-0.4, -0.2) is 54.2 Å². The molecule has 0 aliphatic carbocycles. The molecule has 0 radical (unpaired) electrons. The molecule has 178 valence electrons. The lowest BCUT2D eigenvalue weighted by Crippen LogP contribution is -2.58. The molecule has 0 aromatic heterocycles. The van der Waals surface area contributed by atoms with Crippen molar-refractivity contribution in [3.05, 3.63) is 63.9 Å². The summed E-state index contributed by atoms with van der Waals surface area (Å²) >= 11 is 6.03. The second-order valence-corrected chi connectivity index (χ2v) is 8.67. The predicted molar refractivity (Wildman–Crippen MR) is 127 cm³/mol. The third kappa shape index (κ3) is 4.56. The predicted octanol–water partition coefficient (Wildman–Crippen LogP) is 1.71. The molecule has 10 heteroatoms. The third-order valence-electron chi connectivity index (χ3n) is 6.16. The molecule has 1 fully saturated rings. The summed E-state index contributed by atoms with van der Waals surface area (Å²) in [6.45, 7) is 0.482. The third-order valence-corrected chi connectivity index (χ3v) is 6.45. The zero-order valence-corrected chi connectivity index (χ0v) is 19.4. The number of anilines is 1. The van der Waals surface area contributed by atoms with Gasteiger partial charge >= 0.3 is 11.7 Å². The molecule has 2 aliphatic heterocycles. The van der Waals surface area contributed by atoms with Crippen LogP contribution in [0.25, 0.3) is 0 Å². The van der Waals surface area contributed by atoms with Gasteiger partial charge in [0.05, 0.1) is 24.6 Å². The highest BCUT2D eigenvalue weighted by Gasteiger charge is 2.45. The minimum absolute atomic E-state index is 0.0445. The maximum atomic E-state index is 15.2. The molecule has 0 spiro atoms. The fourth-order valence-corrected chi connectivity index (χ4v) is 4.65. The van der Waals surface area contributed by atoms with E-state index in [9.17, 15) is 14.7 Å². The molecule has 1 saturated heterocycles. The number of nitrogens with zero attached hydrogens (tertiary/aromatic N) is 2. The van der Waals surface area contributed by atoms with Gasteiger partial charge in [0.1, 0.15) is 11.4 Å². The minimum Gasteiger partial charge on any atom is -0.392 e. The van der Waals surface area contributed by atoms with Gasteiger partial charge in [0.15, 0.2) is 0 Å².